The highest BCUT2D eigenvalue weighted by molar-refractivity contribution is 5.76. The molecule has 0 aliphatic carbocycles. The molecule has 0 aromatic carbocycles. The number of ether oxygens (including phenoxy) is 1. The lowest BCUT2D eigenvalue weighted by atomic mass is 10.1. The molecule has 17 heavy (non-hydrogen) atoms. The fraction of sp³-hybridized carbons (Fsp3) is 0.923. The smallest absolute Gasteiger partial charge is 0.223 e. The summed E-state index contributed by atoms with van der Waals surface area (Å²) in [5.74, 6) is 0.310. The van der Waals surface area contributed by atoms with E-state index in [0.29, 0.717) is 18.4 Å². The first-order valence-corrected chi connectivity index (χ1v) is 6.96. The van der Waals surface area contributed by atoms with Crippen molar-refractivity contribution in [2.75, 3.05) is 32.8 Å². The number of rotatable bonds is 5. The lowest BCUT2D eigenvalue weighted by Crippen LogP contribution is -2.37. The zero-order chi connectivity index (χ0) is 11.9. The second-order valence-electron chi connectivity index (χ2n) is 5.03. The molecule has 98 valence electrons. The molecule has 0 bridgehead atoms. The summed E-state index contributed by atoms with van der Waals surface area (Å²) in [7, 11) is 0. The van der Waals surface area contributed by atoms with Crippen molar-refractivity contribution in [1.29, 1.82) is 0 Å². The number of hydrogen-bond donors (Lipinski definition) is 1. The molecule has 4 heteroatoms. The summed E-state index contributed by atoms with van der Waals surface area (Å²) < 4.78 is 5.52. The lowest BCUT2D eigenvalue weighted by molar-refractivity contribution is -0.132. The summed E-state index contributed by atoms with van der Waals surface area (Å²) in [6.07, 6.45) is 6.98. The molecule has 0 radical (unpaired) electrons. The third kappa shape index (κ3) is 4.28. The highest BCUT2D eigenvalue weighted by Crippen LogP contribution is 2.11. The van der Waals surface area contributed by atoms with Crippen LogP contribution in [-0.4, -0.2) is 49.7 Å². The second kappa shape index (κ2) is 6.97. The molecule has 1 amide bonds. The van der Waals surface area contributed by atoms with Crippen LogP contribution in [0.2, 0.25) is 0 Å². The van der Waals surface area contributed by atoms with Crippen molar-refractivity contribution >= 4 is 5.91 Å². The van der Waals surface area contributed by atoms with Gasteiger partial charge in [-0.25, -0.2) is 0 Å². The van der Waals surface area contributed by atoms with Crippen LogP contribution in [0.1, 0.15) is 38.5 Å². The maximum atomic E-state index is 11.8. The molecule has 0 aromatic rings. The Morgan fingerprint density at radius 1 is 1.24 bits per heavy atom. The van der Waals surface area contributed by atoms with E-state index < -0.39 is 0 Å². The number of nitrogens with one attached hydrogen (secondary N) is 1. The van der Waals surface area contributed by atoms with E-state index in [2.05, 4.69) is 5.32 Å². The highest BCUT2D eigenvalue weighted by Gasteiger charge is 2.17. The van der Waals surface area contributed by atoms with Gasteiger partial charge in [0.2, 0.25) is 5.91 Å². The molecule has 2 rings (SSSR count). The summed E-state index contributed by atoms with van der Waals surface area (Å²) in [5.41, 5.74) is 0. The summed E-state index contributed by atoms with van der Waals surface area (Å²) in [4.78, 5) is 13.9. The average molecular weight is 240 g/mol. The van der Waals surface area contributed by atoms with Gasteiger partial charge in [0.25, 0.3) is 0 Å². The molecule has 0 aromatic heterocycles. The Kier molecular flexibility index (Phi) is 5.26. The van der Waals surface area contributed by atoms with E-state index in [-0.39, 0.29) is 0 Å². The minimum absolute atomic E-state index is 0.310. The van der Waals surface area contributed by atoms with E-state index in [9.17, 15) is 4.79 Å². The van der Waals surface area contributed by atoms with Crippen molar-refractivity contribution < 1.29 is 9.53 Å². The number of likely N-dealkylation sites (tertiary alicyclic amines) is 1. The first kappa shape index (κ1) is 12.8. The molecule has 1 unspecified atom stereocenters. The van der Waals surface area contributed by atoms with Gasteiger partial charge in [0.05, 0.1) is 6.10 Å². The molecule has 0 saturated carbocycles. The van der Waals surface area contributed by atoms with E-state index in [4.69, 9.17) is 4.74 Å². The van der Waals surface area contributed by atoms with Crippen LogP contribution in [0.15, 0.2) is 0 Å². The lowest BCUT2D eigenvalue weighted by Gasteiger charge is -2.26. The van der Waals surface area contributed by atoms with Crippen molar-refractivity contribution in [1.82, 2.24) is 10.2 Å². The maximum absolute atomic E-state index is 11.8. The molecule has 2 fully saturated rings. The van der Waals surface area contributed by atoms with E-state index >= 15 is 0 Å². The van der Waals surface area contributed by atoms with Crippen molar-refractivity contribution in [2.45, 2.75) is 44.6 Å². The van der Waals surface area contributed by atoms with Gasteiger partial charge in [0, 0.05) is 39.2 Å². The molecule has 4 nitrogen and oxygen atoms in total. The Bertz CT molecular complexity index is 234. The van der Waals surface area contributed by atoms with Crippen molar-refractivity contribution in [2.24, 2.45) is 0 Å². The van der Waals surface area contributed by atoms with Gasteiger partial charge in [-0.15, -0.1) is 0 Å². The summed E-state index contributed by atoms with van der Waals surface area (Å²) in [6, 6.07) is 0. The van der Waals surface area contributed by atoms with E-state index in [0.717, 1.165) is 39.2 Å². The van der Waals surface area contributed by atoms with Gasteiger partial charge >= 0.3 is 0 Å². The van der Waals surface area contributed by atoms with Crippen LogP contribution in [0.4, 0.5) is 0 Å². The van der Waals surface area contributed by atoms with Gasteiger partial charge in [0.15, 0.2) is 0 Å². The third-order valence-electron chi connectivity index (χ3n) is 3.62. The average Bonchev–Trinajstić information content (AvgIpc) is 2.88. The minimum atomic E-state index is 0.310. The quantitative estimate of drug-likeness (QED) is 0.733. The van der Waals surface area contributed by atoms with E-state index in [1.165, 1.54) is 25.7 Å². The number of amides is 1. The van der Waals surface area contributed by atoms with Gasteiger partial charge in [-0.3, -0.25) is 4.79 Å². The monoisotopic (exact) mass is 240 g/mol. The molecule has 2 aliphatic heterocycles. The van der Waals surface area contributed by atoms with E-state index in [1.54, 1.807) is 0 Å². The van der Waals surface area contributed by atoms with Crippen LogP contribution in [0.5, 0.6) is 0 Å². The Morgan fingerprint density at radius 3 is 2.76 bits per heavy atom. The van der Waals surface area contributed by atoms with Crippen molar-refractivity contribution in [3.8, 4) is 0 Å². The van der Waals surface area contributed by atoms with Crippen LogP contribution in [0.25, 0.3) is 0 Å². The number of nitrogens with zero attached hydrogens (tertiary/aromatic N) is 1. The van der Waals surface area contributed by atoms with Gasteiger partial charge in [0.1, 0.15) is 0 Å². The number of piperidine rings is 1. The molecule has 2 saturated heterocycles. The predicted molar refractivity (Wildman–Crippen MR) is 66.9 cm³/mol. The molecular weight excluding hydrogens is 216 g/mol. The Hall–Kier alpha value is -0.610. The second-order valence-corrected chi connectivity index (χ2v) is 5.03. The number of carbonyl (C=O) groups is 1. The summed E-state index contributed by atoms with van der Waals surface area (Å²) >= 11 is 0. The van der Waals surface area contributed by atoms with Crippen LogP contribution >= 0.6 is 0 Å². The van der Waals surface area contributed by atoms with Gasteiger partial charge < -0.3 is 15.0 Å². The zero-order valence-corrected chi connectivity index (χ0v) is 10.6. The molecule has 2 heterocycles. The summed E-state index contributed by atoms with van der Waals surface area (Å²) in [6.45, 7) is 4.51. The maximum Gasteiger partial charge on any atom is 0.223 e. The standard InChI is InChI=1S/C13H24N2O2/c16-13(15-8-2-1-3-9-15)6-7-14-11-12-5-4-10-17-12/h12,14H,1-11H2. The van der Waals surface area contributed by atoms with Crippen LogP contribution in [0.3, 0.4) is 0 Å². The molecule has 1 atom stereocenters. The van der Waals surface area contributed by atoms with Crippen LogP contribution in [0, 0.1) is 0 Å². The first-order chi connectivity index (χ1) is 8.36. The highest BCUT2D eigenvalue weighted by atomic mass is 16.5. The normalized spacial score (nSPS) is 25.2. The largest absolute Gasteiger partial charge is 0.377 e. The minimum Gasteiger partial charge on any atom is -0.377 e. The predicted octanol–water partition coefficient (Wildman–Crippen LogP) is 1.16. The molecule has 0 spiro atoms. The van der Waals surface area contributed by atoms with Crippen molar-refractivity contribution in [3.05, 3.63) is 0 Å². The van der Waals surface area contributed by atoms with Gasteiger partial charge in [-0.1, -0.05) is 0 Å². The van der Waals surface area contributed by atoms with Gasteiger partial charge in [-0.05, 0) is 32.1 Å². The fourth-order valence-corrected chi connectivity index (χ4v) is 2.57. The van der Waals surface area contributed by atoms with Gasteiger partial charge in [-0.2, -0.15) is 0 Å². The Balaban J connectivity index is 1.53. The molecule has 1 N–H and O–H groups in total. The van der Waals surface area contributed by atoms with Crippen LogP contribution < -0.4 is 5.32 Å². The first-order valence-electron chi connectivity index (χ1n) is 6.96. The fourth-order valence-electron chi connectivity index (χ4n) is 2.57. The third-order valence-corrected chi connectivity index (χ3v) is 3.62. The van der Waals surface area contributed by atoms with Crippen LogP contribution in [-0.2, 0) is 9.53 Å². The SMILES string of the molecule is O=C(CCNCC1CCCO1)N1CCCCC1. The zero-order valence-electron chi connectivity index (χ0n) is 10.6. The Labute approximate surface area is 104 Å². The number of carbonyl (C=O) groups excluding carboxylic acids is 1. The molecule has 2 aliphatic rings. The summed E-state index contributed by atoms with van der Waals surface area (Å²) in [5, 5.41) is 3.32. The van der Waals surface area contributed by atoms with Crippen molar-refractivity contribution in [3.63, 3.8) is 0 Å². The Morgan fingerprint density at radius 2 is 2.06 bits per heavy atom. The number of hydrogen-bond acceptors (Lipinski definition) is 3. The van der Waals surface area contributed by atoms with E-state index in [1.807, 2.05) is 4.90 Å². The topological polar surface area (TPSA) is 41.6 Å². The molecular formula is C13H24N2O2.